The number of likely N-dealkylation sites (N-methyl/N-ethyl adjacent to an activating group) is 1. The van der Waals surface area contributed by atoms with Crippen LogP contribution in [0.5, 0.6) is 0 Å². The molecule has 0 aromatic carbocycles. The van der Waals surface area contributed by atoms with E-state index in [9.17, 15) is 0 Å². The second-order valence-electron chi connectivity index (χ2n) is 5.30. The highest BCUT2D eigenvalue weighted by molar-refractivity contribution is 4.96. The van der Waals surface area contributed by atoms with E-state index in [1.807, 2.05) is 0 Å². The van der Waals surface area contributed by atoms with Crippen molar-refractivity contribution in [1.82, 2.24) is 4.90 Å². The van der Waals surface area contributed by atoms with Crippen LogP contribution in [0.25, 0.3) is 0 Å². The minimum absolute atomic E-state index is 0.301. The summed E-state index contributed by atoms with van der Waals surface area (Å²) in [5, 5.41) is 0. The van der Waals surface area contributed by atoms with Crippen LogP contribution in [0.2, 0.25) is 0 Å². The van der Waals surface area contributed by atoms with Gasteiger partial charge in [-0.05, 0) is 44.2 Å². The molecule has 0 spiro atoms. The molecule has 1 fully saturated rings. The molecule has 2 heteroatoms. The molecule has 0 saturated heterocycles. The lowest BCUT2D eigenvalue weighted by Gasteiger charge is -2.49. The van der Waals surface area contributed by atoms with Gasteiger partial charge in [0.25, 0.3) is 0 Å². The molecule has 1 aliphatic rings. The summed E-state index contributed by atoms with van der Waals surface area (Å²) in [4.78, 5) is 2.58. The zero-order valence-corrected chi connectivity index (χ0v) is 10.9. The van der Waals surface area contributed by atoms with Crippen molar-refractivity contribution in [2.24, 2.45) is 17.6 Å². The third kappa shape index (κ3) is 2.54. The molecular weight excluding hydrogens is 184 g/mol. The van der Waals surface area contributed by atoms with Gasteiger partial charge in [0.05, 0.1) is 0 Å². The fourth-order valence-electron chi connectivity index (χ4n) is 3.18. The van der Waals surface area contributed by atoms with E-state index in [-0.39, 0.29) is 0 Å². The number of nitrogens with two attached hydrogens (primary N) is 1. The molecule has 2 N–H and O–H groups in total. The topological polar surface area (TPSA) is 29.3 Å². The summed E-state index contributed by atoms with van der Waals surface area (Å²) in [6.45, 7) is 12.4. The van der Waals surface area contributed by atoms with Crippen LogP contribution < -0.4 is 5.73 Å². The number of hydrogen-bond acceptors (Lipinski definition) is 2. The molecule has 0 amide bonds. The van der Waals surface area contributed by atoms with E-state index in [1.165, 1.54) is 19.3 Å². The van der Waals surface area contributed by atoms with Crippen molar-refractivity contribution in [3.05, 3.63) is 0 Å². The standard InChI is InChI=1S/C13H28N2/c1-5-15(6-2)13(10-14)8-7-11(3)12(4)9-13/h11-12H,5-10,14H2,1-4H3. The SMILES string of the molecule is CCN(CC)C1(CN)CCC(C)C(C)C1. The summed E-state index contributed by atoms with van der Waals surface area (Å²) in [5.41, 5.74) is 6.36. The van der Waals surface area contributed by atoms with Gasteiger partial charge in [-0.3, -0.25) is 4.90 Å². The van der Waals surface area contributed by atoms with Gasteiger partial charge in [0, 0.05) is 12.1 Å². The first-order valence-electron chi connectivity index (χ1n) is 6.54. The number of hydrogen-bond donors (Lipinski definition) is 1. The Morgan fingerprint density at radius 2 is 1.80 bits per heavy atom. The predicted octanol–water partition coefficient (Wildman–Crippen LogP) is 2.48. The molecule has 1 aliphatic carbocycles. The fraction of sp³-hybridized carbons (Fsp3) is 1.00. The Kier molecular flexibility index (Phi) is 4.60. The summed E-state index contributed by atoms with van der Waals surface area (Å²) in [5.74, 6) is 1.70. The summed E-state index contributed by atoms with van der Waals surface area (Å²) in [6, 6.07) is 0. The van der Waals surface area contributed by atoms with Gasteiger partial charge in [-0.1, -0.05) is 27.7 Å². The molecule has 1 saturated carbocycles. The Balaban J connectivity index is 2.76. The zero-order chi connectivity index (χ0) is 11.5. The summed E-state index contributed by atoms with van der Waals surface area (Å²) < 4.78 is 0. The predicted molar refractivity (Wildman–Crippen MR) is 66.9 cm³/mol. The quantitative estimate of drug-likeness (QED) is 0.776. The van der Waals surface area contributed by atoms with Crippen molar-refractivity contribution in [2.75, 3.05) is 19.6 Å². The van der Waals surface area contributed by atoms with Gasteiger partial charge in [0.15, 0.2) is 0 Å². The van der Waals surface area contributed by atoms with Crippen molar-refractivity contribution in [3.8, 4) is 0 Å². The first-order valence-corrected chi connectivity index (χ1v) is 6.54. The highest BCUT2D eigenvalue weighted by Crippen LogP contribution is 2.39. The second-order valence-corrected chi connectivity index (χ2v) is 5.30. The molecule has 0 aliphatic heterocycles. The van der Waals surface area contributed by atoms with E-state index in [0.29, 0.717) is 5.54 Å². The number of rotatable bonds is 4. The Hall–Kier alpha value is -0.0800. The average Bonchev–Trinajstić information content (AvgIpc) is 2.25. The van der Waals surface area contributed by atoms with Crippen molar-refractivity contribution in [2.45, 2.75) is 52.5 Å². The molecule has 15 heavy (non-hydrogen) atoms. The van der Waals surface area contributed by atoms with E-state index in [2.05, 4.69) is 32.6 Å². The highest BCUT2D eigenvalue weighted by atomic mass is 15.2. The lowest BCUT2D eigenvalue weighted by Crippen LogP contribution is -2.57. The van der Waals surface area contributed by atoms with E-state index in [4.69, 9.17) is 5.73 Å². The van der Waals surface area contributed by atoms with Gasteiger partial charge in [0.1, 0.15) is 0 Å². The lowest BCUT2D eigenvalue weighted by atomic mass is 9.70. The summed E-state index contributed by atoms with van der Waals surface area (Å²) in [6.07, 6.45) is 3.91. The smallest absolute Gasteiger partial charge is 0.0334 e. The Labute approximate surface area is 95.2 Å². The Bertz CT molecular complexity index is 189. The molecular formula is C13H28N2. The van der Waals surface area contributed by atoms with Crippen molar-refractivity contribution < 1.29 is 0 Å². The van der Waals surface area contributed by atoms with Gasteiger partial charge in [-0.25, -0.2) is 0 Å². The zero-order valence-electron chi connectivity index (χ0n) is 10.9. The Morgan fingerprint density at radius 3 is 2.20 bits per heavy atom. The fourth-order valence-corrected chi connectivity index (χ4v) is 3.18. The minimum Gasteiger partial charge on any atom is -0.329 e. The van der Waals surface area contributed by atoms with Crippen molar-refractivity contribution >= 4 is 0 Å². The van der Waals surface area contributed by atoms with Crippen LogP contribution in [0.3, 0.4) is 0 Å². The molecule has 3 atom stereocenters. The summed E-state index contributed by atoms with van der Waals surface area (Å²) in [7, 11) is 0. The van der Waals surface area contributed by atoms with E-state index in [0.717, 1.165) is 31.5 Å². The maximum absolute atomic E-state index is 6.06. The molecule has 3 unspecified atom stereocenters. The normalized spacial score (nSPS) is 37.2. The van der Waals surface area contributed by atoms with Crippen LogP contribution in [0.15, 0.2) is 0 Å². The largest absolute Gasteiger partial charge is 0.329 e. The minimum atomic E-state index is 0.301. The van der Waals surface area contributed by atoms with Crippen molar-refractivity contribution in [3.63, 3.8) is 0 Å². The third-order valence-corrected chi connectivity index (χ3v) is 4.55. The van der Waals surface area contributed by atoms with Gasteiger partial charge in [-0.15, -0.1) is 0 Å². The van der Waals surface area contributed by atoms with Gasteiger partial charge < -0.3 is 5.73 Å². The molecule has 90 valence electrons. The average molecular weight is 212 g/mol. The first-order chi connectivity index (χ1) is 7.09. The molecule has 1 rings (SSSR count). The summed E-state index contributed by atoms with van der Waals surface area (Å²) >= 11 is 0. The van der Waals surface area contributed by atoms with Crippen molar-refractivity contribution in [1.29, 1.82) is 0 Å². The van der Waals surface area contributed by atoms with E-state index in [1.54, 1.807) is 0 Å². The van der Waals surface area contributed by atoms with E-state index >= 15 is 0 Å². The van der Waals surface area contributed by atoms with Crippen LogP contribution >= 0.6 is 0 Å². The third-order valence-electron chi connectivity index (χ3n) is 4.55. The van der Waals surface area contributed by atoms with E-state index < -0.39 is 0 Å². The van der Waals surface area contributed by atoms with Gasteiger partial charge >= 0.3 is 0 Å². The Morgan fingerprint density at radius 1 is 1.20 bits per heavy atom. The molecule has 0 radical (unpaired) electrons. The lowest BCUT2D eigenvalue weighted by molar-refractivity contribution is 0.0286. The van der Waals surface area contributed by atoms with Gasteiger partial charge in [0.2, 0.25) is 0 Å². The van der Waals surface area contributed by atoms with Crippen LogP contribution in [-0.2, 0) is 0 Å². The van der Waals surface area contributed by atoms with Crippen LogP contribution in [0.4, 0.5) is 0 Å². The first kappa shape index (κ1) is 13.0. The van der Waals surface area contributed by atoms with Crippen LogP contribution in [0, 0.1) is 11.8 Å². The molecule has 2 nitrogen and oxygen atoms in total. The molecule has 0 bridgehead atoms. The molecule has 0 aromatic rings. The maximum Gasteiger partial charge on any atom is 0.0334 e. The number of nitrogens with zero attached hydrogens (tertiary/aromatic N) is 1. The maximum atomic E-state index is 6.06. The van der Waals surface area contributed by atoms with Crippen LogP contribution in [0.1, 0.15) is 47.0 Å². The molecule has 0 aromatic heterocycles. The monoisotopic (exact) mass is 212 g/mol. The highest BCUT2D eigenvalue weighted by Gasteiger charge is 2.39. The van der Waals surface area contributed by atoms with Gasteiger partial charge in [-0.2, -0.15) is 0 Å². The second kappa shape index (κ2) is 5.31. The molecule has 0 heterocycles. The van der Waals surface area contributed by atoms with Crippen LogP contribution in [-0.4, -0.2) is 30.1 Å².